The summed E-state index contributed by atoms with van der Waals surface area (Å²) in [5.41, 5.74) is 11.1. The quantitative estimate of drug-likeness (QED) is 0.261. The van der Waals surface area contributed by atoms with Crippen molar-refractivity contribution >= 4 is 39.9 Å². The number of aryl methyl sites for hydroxylation is 1. The van der Waals surface area contributed by atoms with E-state index in [2.05, 4.69) is 20.1 Å². The van der Waals surface area contributed by atoms with Gasteiger partial charge in [-0.05, 0) is 32.3 Å². The number of nitrogens with one attached hydrogen (secondary N) is 1. The Morgan fingerprint density at radius 1 is 1.11 bits per heavy atom. The fraction of sp³-hybridized carbons (Fsp3) is 0.296. The summed E-state index contributed by atoms with van der Waals surface area (Å²) in [5, 5.41) is 4.12. The van der Waals surface area contributed by atoms with E-state index < -0.39 is 5.97 Å². The van der Waals surface area contributed by atoms with Gasteiger partial charge in [-0.1, -0.05) is 18.2 Å². The number of nitrogen functional groups attached to an aromatic ring is 1. The number of ether oxygens (including phenoxy) is 2. The summed E-state index contributed by atoms with van der Waals surface area (Å²) in [4.78, 5) is 26.1. The number of methoxy groups -OCH3 is 2. The van der Waals surface area contributed by atoms with Gasteiger partial charge < -0.3 is 34.9 Å². The summed E-state index contributed by atoms with van der Waals surface area (Å²) < 4.78 is 12.6. The molecule has 37 heavy (non-hydrogen) atoms. The Labute approximate surface area is 216 Å². The van der Waals surface area contributed by atoms with E-state index in [-0.39, 0.29) is 0 Å². The van der Waals surface area contributed by atoms with Crippen molar-refractivity contribution < 1.29 is 14.3 Å². The topological polar surface area (TPSA) is 111 Å². The molecule has 0 atom stereocenters. The zero-order valence-corrected chi connectivity index (χ0v) is 22.1. The monoisotopic (exact) mass is 503 g/mol. The Morgan fingerprint density at radius 2 is 1.86 bits per heavy atom. The summed E-state index contributed by atoms with van der Waals surface area (Å²) in [6.45, 7) is 1.70. The predicted molar refractivity (Wildman–Crippen MR) is 148 cm³/mol. The Bertz CT molecular complexity index is 1430. The van der Waals surface area contributed by atoms with Crippen LogP contribution in [0.4, 0.5) is 23.0 Å². The van der Waals surface area contributed by atoms with Gasteiger partial charge in [0.2, 0.25) is 5.95 Å². The van der Waals surface area contributed by atoms with E-state index in [1.165, 1.54) is 7.11 Å². The van der Waals surface area contributed by atoms with Crippen LogP contribution in [-0.4, -0.2) is 73.9 Å². The minimum Gasteiger partial charge on any atom is -0.494 e. The van der Waals surface area contributed by atoms with Crippen molar-refractivity contribution in [1.29, 1.82) is 0 Å². The number of hydrogen-bond acceptors (Lipinski definition) is 9. The van der Waals surface area contributed by atoms with Gasteiger partial charge in [-0.15, -0.1) is 0 Å². The highest BCUT2D eigenvalue weighted by atomic mass is 16.5. The van der Waals surface area contributed by atoms with Crippen LogP contribution in [0.2, 0.25) is 0 Å². The number of nitrogens with zero attached hydrogens (tertiary/aromatic N) is 5. The molecule has 0 aliphatic carbocycles. The molecule has 0 saturated carbocycles. The van der Waals surface area contributed by atoms with Gasteiger partial charge in [-0.2, -0.15) is 0 Å². The third kappa shape index (κ3) is 5.14. The number of esters is 1. The lowest BCUT2D eigenvalue weighted by molar-refractivity contribution is 0.0591. The number of benzene rings is 2. The summed E-state index contributed by atoms with van der Waals surface area (Å²) in [5.74, 6) is 0.508. The number of carbonyl (C=O) groups is 1. The maximum atomic E-state index is 12.7. The van der Waals surface area contributed by atoms with E-state index >= 15 is 0 Å². The lowest BCUT2D eigenvalue weighted by Crippen LogP contribution is -2.29. The number of aromatic nitrogens is 3. The highest BCUT2D eigenvalue weighted by molar-refractivity contribution is 6.08. The van der Waals surface area contributed by atoms with E-state index in [0.29, 0.717) is 40.0 Å². The van der Waals surface area contributed by atoms with Crippen molar-refractivity contribution in [3.05, 3.63) is 54.4 Å². The normalized spacial score (nSPS) is 11.1. The lowest BCUT2D eigenvalue weighted by atomic mass is 10.1. The van der Waals surface area contributed by atoms with Crippen LogP contribution in [0.15, 0.2) is 48.7 Å². The number of carbonyl (C=O) groups excluding carboxylic acids is 1. The SMILES string of the molecule is COC(=O)c1c(-c2ccnc(Nc3cc(N)c(N(C)CCN(C)C)cc3OC)n2)c2ccccc2n1C. The molecule has 4 aromatic rings. The zero-order valence-electron chi connectivity index (χ0n) is 22.1. The van der Waals surface area contributed by atoms with Gasteiger partial charge in [0, 0.05) is 55.9 Å². The number of rotatable bonds is 9. The molecule has 0 aliphatic rings. The molecule has 0 bridgehead atoms. The molecule has 2 heterocycles. The van der Waals surface area contributed by atoms with Crippen molar-refractivity contribution in [2.24, 2.45) is 7.05 Å². The molecule has 0 aliphatic heterocycles. The summed E-state index contributed by atoms with van der Waals surface area (Å²) in [6, 6.07) is 13.3. The molecule has 0 spiro atoms. The van der Waals surface area contributed by atoms with Crippen LogP contribution >= 0.6 is 0 Å². The van der Waals surface area contributed by atoms with Gasteiger partial charge in [0.15, 0.2) is 0 Å². The van der Waals surface area contributed by atoms with Gasteiger partial charge in [-0.25, -0.2) is 14.8 Å². The minimum atomic E-state index is -0.440. The number of anilines is 4. The molecule has 3 N–H and O–H groups in total. The van der Waals surface area contributed by atoms with Crippen LogP contribution in [-0.2, 0) is 11.8 Å². The van der Waals surface area contributed by atoms with E-state index in [4.69, 9.17) is 20.2 Å². The first-order valence-corrected chi connectivity index (χ1v) is 11.8. The molecule has 10 heteroatoms. The third-order valence-corrected chi connectivity index (χ3v) is 6.29. The van der Waals surface area contributed by atoms with Crippen LogP contribution in [0.1, 0.15) is 10.5 Å². The first-order chi connectivity index (χ1) is 17.7. The Hall–Kier alpha value is -4.31. The van der Waals surface area contributed by atoms with Crippen molar-refractivity contribution in [2.45, 2.75) is 0 Å². The molecule has 4 rings (SSSR count). The molecular formula is C27H33N7O3. The highest BCUT2D eigenvalue weighted by Crippen LogP contribution is 2.37. The van der Waals surface area contributed by atoms with Gasteiger partial charge in [0.25, 0.3) is 0 Å². The van der Waals surface area contributed by atoms with Crippen molar-refractivity contribution in [1.82, 2.24) is 19.4 Å². The van der Waals surface area contributed by atoms with Gasteiger partial charge in [0.05, 0.1) is 37.0 Å². The minimum absolute atomic E-state index is 0.340. The second-order valence-electron chi connectivity index (χ2n) is 9.02. The van der Waals surface area contributed by atoms with Gasteiger partial charge in [0.1, 0.15) is 11.4 Å². The second kappa shape index (κ2) is 10.8. The number of likely N-dealkylation sites (N-methyl/N-ethyl adjacent to an activating group) is 2. The number of hydrogen-bond donors (Lipinski definition) is 2. The van der Waals surface area contributed by atoms with Gasteiger partial charge >= 0.3 is 5.97 Å². The Morgan fingerprint density at radius 3 is 2.57 bits per heavy atom. The number of nitrogens with two attached hydrogens (primary N) is 1. The maximum absolute atomic E-state index is 12.7. The summed E-state index contributed by atoms with van der Waals surface area (Å²) >= 11 is 0. The third-order valence-electron chi connectivity index (χ3n) is 6.29. The number of para-hydroxylation sites is 1. The molecule has 0 radical (unpaired) electrons. The van der Waals surface area contributed by atoms with E-state index in [0.717, 1.165) is 29.7 Å². The molecule has 0 amide bonds. The van der Waals surface area contributed by atoms with Crippen LogP contribution in [0.3, 0.4) is 0 Å². The zero-order chi connectivity index (χ0) is 26.7. The van der Waals surface area contributed by atoms with Gasteiger partial charge in [-0.3, -0.25) is 0 Å². The molecule has 0 unspecified atom stereocenters. The first-order valence-electron chi connectivity index (χ1n) is 11.8. The summed E-state index contributed by atoms with van der Waals surface area (Å²) in [7, 11) is 10.9. The molecule has 0 fully saturated rings. The number of fused-ring (bicyclic) bond motifs is 1. The highest BCUT2D eigenvalue weighted by Gasteiger charge is 2.24. The fourth-order valence-electron chi connectivity index (χ4n) is 4.32. The molecule has 194 valence electrons. The molecule has 2 aromatic heterocycles. The molecule has 2 aromatic carbocycles. The lowest BCUT2D eigenvalue weighted by Gasteiger charge is -2.24. The second-order valence-corrected chi connectivity index (χ2v) is 9.02. The maximum Gasteiger partial charge on any atom is 0.355 e. The van der Waals surface area contributed by atoms with Crippen molar-refractivity contribution in [2.75, 3.05) is 64.4 Å². The van der Waals surface area contributed by atoms with Crippen LogP contribution in [0, 0.1) is 0 Å². The molecular weight excluding hydrogens is 470 g/mol. The van der Waals surface area contributed by atoms with E-state index in [9.17, 15) is 4.79 Å². The van der Waals surface area contributed by atoms with Crippen LogP contribution in [0.25, 0.3) is 22.2 Å². The fourth-order valence-corrected chi connectivity index (χ4v) is 4.32. The predicted octanol–water partition coefficient (Wildman–Crippen LogP) is 3.75. The molecule has 10 nitrogen and oxygen atoms in total. The van der Waals surface area contributed by atoms with E-state index in [1.807, 2.05) is 69.2 Å². The van der Waals surface area contributed by atoms with Crippen molar-refractivity contribution in [3.63, 3.8) is 0 Å². The average Bonchev–Trinajstić information content (AvgIpc) is 3.19. The van der Waals surface area contributed by atoms with Crippen LogP contribution < -0.4 is 20.7 Å². The van der Waals surface area contributed by atoms with E-state index in [1.54, 1.807) is 19.4 Å². The van der Waals surface area contributed by atoms with Crippen LogP contribution in [0.5, 0.6) is 5.75 Å². The average molecular weight is 504 g/mol. The first kappa shape index (κ1) is 25.8. The Balaban J connectivity index is 1.72. The van der Waals surface area contributed by atoms with Crippen molar-refractivity contribution in [3.8, 4) is 17.0 Å². The largest absolute Gasteiger partial charge is 0.494 e. The molecule has 0 saturated heterocycles. The summed E-state index contributed by atoms with van der Waals surface area (Å²) in [6.07, 6.45) is 1.65. The standard InChI is InChI=1S/C27H33N7O3/c1-32(2)13-14-33(3)22-16-23(36-5)20(15-18(22)28)31-27-29-12-11-19(30-27)24-17-9-7-8-10-21(17)34(4)25(24)26(35)37-6/h7-12,15-16H,13-14,28H2,1-6H3,(H,29,30,31). The Kier molecular flexibility index (Phi) is 7.49. The smallest absolute Gasteiger partial charge is 0.355 e.